The number of anilines is 2. The summed E-state index contributed by atoms with van der Waals surface area (Å²) in [5.41, 5.74) is 7.70. The van der Waals surface area contributed by atoms with Crippen molar-refractivity contribution in [3.63, 3.8) is 0 Å². The number of nitrogens with zero attached hydrogens (tertiary/aromatic N) is 1. The van der Waals surface area contributed by atoms with Crippen LogP contribution in [0.3, 0.4) is 0 Å². The fourth-order valence-electron chi connectivity index (χ4n) is 3.38. The van der Waals surface area contributed by atoms with E-state index in [1.165, 1.54) is 29.8 Å². The standard InChI is InChI=1S/C23H29FN4O2.ClH/c1-22(2,3)16-4-8-19(9-5-16)27-21(30)28-14-12-23(25,13-15-28)20(29)26-18-10-6-17(24)7-11-18;/h4-11H,12-15,25H2,1-3H3,(H,26,29)(H,27,30);1H. The number of hydrogen-bond donors (Lipinski definition) is 3. The average Bonchev–Trinajstić information content (AvgIpc) is 2.70. The molecule has 0 spiro atoms. The normalized spacial score (nSPS) is 15.6. The second kappa shape index (κ2) is 9.66. The fraction of sp³-hybridized carbons (Fsp3) is 0.391. The number of urea groups is 1. The lowest BCUT2D eigenvalue weighted by atomic mass is 9.87. The summed E-state index contributed by atoms with van der Waals surface area (Å²) < 4.78 is 13.0. The van der Waals surface area contributed by atoms with Crippen molar-refractivity contribution in [2.45, 2.75) is 44.6 Å². The molecule has 3 amide bonds. The summed E-state index contributed by atoms with van der Waals surface area (Å²) >= 11 is 0. The molecule has 0 bridgehead atoms. The SMILES string of the molecule is CC(C)(C)c1ccc(NC(=O)N2CCC(N)(C(=O)Nc3ccc(F)cc3)CC2)cc1.Cl. The molecule has 1 saturated heterocycles. The van der Waals surface area contributed by atoms with Gasteiger partial charge in [-0.05, 0) is 60.2 Å². The van der Waals surface area contributed by atoms with Crippen LogP contribution < -0.4 is 16.4 Å². The van der Waals surface area contributed by atoms with Gasteiger partial charge >= 0.3 is 6.03 Å². The quantitative estimate of drug-likeness (QED) is 0.645. The van der Waals surface area contributed by atoms with Crippen molar-refractivity contribution in [3.8, 4) is 0 Å². The van der Waals surface area contributed by atoms with E-state index in [2.05, 4.69) is 31.4 Å². The minimum atomic E-state index is -1.07. The monoisotopic (exact) mass is 448 g/mol. The highest BCUT2D eigenvalue weighted by molar-refractivity contribution is 5.98. The topological polar surface area (TPSA) is 87.5 Å². The summed E-state index contributed by atoms with van der Waals surface area (Å²) in [6.45, 7) is 7.16. The minimum Gasteiger partial charge on any atom is -0.324 e. The maximum absolute atomic E-state index is 13.0. The Hall–Kier alpha value is -2.64. The zero-order valence-corrected chi connectivity index (χ0v) is 18.9. The maximum atomic E-state index is 13.0. The predicted molar refractivity (Wildman–Crippen MR) is 124 cm³/mol. The Morgan fingerprint density at radius 1 is 0.935 bits per heavy atom. The Bertz CT molecular complexity index is 903. The smallest absolute Gasteiger partial charge is 0.321 e. The molecule has 0 saturated carbocycles. The van der Waals surface area contributed by atoms with Crippen LogP contribution in [0.1, 0.15) is 39.2 Å². The van der Waals surface area contributed by atoms with E-state index < -0.39 is 5.54 Å². The van der Waals surface area contributed by atoms with Gasteiger partial charge in [0.05, 0.1) is 5.54 Å². The van der Waals surface area contributed by atoms with Crippen LogP contribution in [0.15, 0.2) is 48.5 Å². The van der Waals surface area contributed by atoms with Gasteiger partial charge in [0.1, 0.15) is 5.82 Å². The Morgan fingerprint density at radius 2 is 1.42 bits per heavy atom. The van der Waals surface area contributed by atoms with Crippen LogP contribution >= 0.6 is 12.4 Å². The van der Waals surface area contributed by atoms with Crippen LogP contribution in [-0.2, 0) is 10.2 Å². The second-order valence-electron chi connectivity index (χ2n) is 8.86. The summed E-state index contributed by atoms with van der Waals surface area (Å²) in [6, 6.07) is 13.1. The molecule has 8 heteroatoms. The van der Waals surface area contributed by atoms with Crippen LogP contribution in [0, 0.1) is 5.82 Å². The zero-order valence-electron chi connectivity index (χ0n) is 18.1. The molecule has 0 aromatic heterocycles. The Morgan fingerprint density at radius 3 is 1.94 bits per heavy atom. The molecule has 1 heterocycles. The minimum absolute atomic E-state index is 0. The van der Waals surface area contributed by atoms with E-state index in [9.17, 15) is 14.0 Å². The maximum Gasteiger partial charge on any atom is 0.321 e. The number of carbonyl (C=O) groups excluding carboxylic acids is 2. The highest BCUT2D eigenvalue weighted by Crippen LogP contribution is 2.25. The molecule has 0 aliphatic carbocycles. The van der Waals surface area contributed by atoms with Gasteiger partial charge in [-0.1, -0.05) is 32.9 Å². The molecule has 0 radical (unpaired) electrons. The molecule has 31 heavy (non-hydrogen) atoms. The molecule has 1 aliphatic heterocycles. The molecule has 2 aromatic carbocycles. The van der Waals surface area contributed by atoms with Crippen LogP contribution in [0.2, 0.25) is 0 Å². The first-order valence-corrected chi connectivity index (χ1v) is 10.1. The summed E-state index contributed by atoms with van der Waals surface area (Å²) in [7, 11) is 0. The number of piperidine rings is 1. The Balaban J connectivity index is 0.00000341. The lowest BCUT2D eigenvalue weighted by Crippen LogP contribution is -2.58. The summed E-state index contributed by atoms with van der Waals surface area (Å²) in [5, 5.41) is 5.63. The van der Waals surface area contributed by atoms with E-state index in [1.807, 2.05) is 24.3 Å². The number of rotatable bonds is 3. The Kier molecular flexibility index (Phi) is 7.68. The number of halogens is 2. The van der Waals surface area contributed by atoms with Crippen LogP contribution in [-0.4, -0.2) is 35.5 Å². The third-order valence-electron chi connectivity index (χ3n) is 5.50. The van der Waals surface area contributed by atoms with E-state index in [1.54, 1.807) is 4.90 Å². The molecule has 0 unspecified atom stereocenters. The molecule has 6 nitrogen and oxygen atoms in total. The van der Waals surface area contributed by atoms with Crippen molar-refractivity contribution in [1.82, 2.24) is 4.90 Å². The molecule has 3 rings (SSSR count). The number of hydrogen-bond acceptors (Lipinski definition) is 3. The van der Waals surface area contributed by atoms with E-state index in [0.717, 1.165) is 5.69 Å². The number of amides is 3. The van der Waals surface area contributed by atoms with E-state index in [4.69, 9.17) is 5.73 Å². The van der Waals surface area contributed by atoms with Gasteiger partial charge in [0, 0.05) is 24.5 Å². The van der Waals surface area contributed by atoms with Gasteiger partial charge in [0.2, 0.25) is 5.91 Å². The predicted octanol–water partition coefficient (Wildman–Crippen LogP) is 4.51. The first kappa shape index (κ1) is 24.6. The largest absolute Gasteiger partial charge is 0.324 e. The molecule has 2 aromatic rings. The molecular weight excluding hydrogens is 419 g/mol. The second-order valence-corrected chi connectivity index (χ2v) is 8.86. The van der Waals surface area contributed by atoms with Crippen LogP contribution in [0.5, 0.6) is 0 Å². The van der Waals surface area contributed by atoms with E-state index >= 15 is 0 Å². The zero-order chi connectivity index (χ0) is 21.9. The third kappa shape index (κ3) is 6.18. The van der Waals surface area contributed by atoms with Gasteiger partial charge in [-0.2, -0.15) is 0 Å². The number of benzene rings is 2. The summed E-state index contributed by atoms with van der Waals surface area (Å²) in [4.78, 5) is 26.9. The molecular formula is C23H30ClFN4O2. The molecule has 4 N–H and O–H groups in total. The fourth-order valence-corrected chi connectivity index (χ4v) is 3.38. The number of nitrogens with two attached hydrogens (primary N) is 1. The van der Waals surface area contributed by atoms with E-state index in [0.29, 0.717) is 31.6 Å². The van der Waals surface area contributed by atoms with Gasteiger partial charge in [0.15, 0.2) is 0 Å². The van der Waals surface area contributed by atoms with Gasteiger partial charge in [-0.3, -0.25) is 4.79 Å². The van der Waals surface area contributed by atoms with Crippen molar-refractivity contribution < 1.29 is 14.0 Å². The highest BCUT2D eigenvalue weighted by atomic mass is 35.5. The van der Waals surface area contributed by atoms with Gasteiger partial charge in [-0.15, -0.1) is 12.4 Å². The molecule has 0 atom stereocenters. The summed E-state index contributed by atoms with van der Waals surface area (Å²) in [5.74, 6) is -0.699. The first-order chi connectivity index (χ1) is 14.1. The number of carbonyl (C=O) groups is 2. The van der Waals surface area contributed by atoms with Crippen molar-refractivity contribution in [1.29, 1.82) is 0 Å². The molecule has 168 valence electrons. The van der Waals surface area contributed by atoms with Crippen LogP contribution in [0.4, 0.5) is 20.6 Å². The number of nitrogens with one attached hydrogen (secondary N) is 2. The van der Waals surface area contributed by atoms with Gasteiger partial charge < -0.3 is 21.3 Å². The van der Waals surface area contributed by atoms with Gasteiger partial charge in [0.25, 0.3) is 0 Å². The van der Waals surface area contributed by atoms with Crippen molar-refractivity contribution >= 4 is 35.7 Å². The molecule has 1 fully saturated rings. The van der Waals surface area contributed by atoms with Crippen molar-refractivity contribution in [2.75, 3.05) is 23.7 Å². The molecule has 1 aliphatic rings. The van der Waals surface area contributed by atoms with Gasteiger partial charge in [-0.25, -0.2) is 9.18 Å². The van der Waals surface area contributed by atoms with Crippen molar-refractivity contribution in [2.24, 2.45) is 5.73 Å². The number of likely N-dealkylation sites (tertiary alicyclic amines) is 1. The Labute approximate surface area is 188 Å². The van der Waals surface area contributed by atoms with Crippen molar-refractivity contribution in [3.05, 3.63) is 59.9 Å². The van der Waals surface area contributed by atoms with E-state index in [-0.39, 0.29) is 35.6 Å². The third-order valence-corrected chi connectivity index (χ3v) is 5.50. The first-order valence-electron chi connectivity index (χ1n) is 10.1. The lowest BCUT2D eigenvalue weighted by molar-refractivity contribution is -0.122. The average molecular weight is 449 g/mol. The summed E-state index contributed by atoms with van der Waals surface area (Å²) in [6.07, 6.45) is 0.687. The lowest BCUT2D eigenvalue weighted by Gasteiger charge is -2.37. The van der Waals surface area contributed by atoms with Crippen LogP contribution in [0.25, 0.3) is 0 Å². The highest BCUT2D eigenvalue weighted by Gasteiger charge is 2.38.